The van der Waals surface area contributed by atoms with Crippen molar-refractivity contribution in [3.8, 4) is 0 Å². The fourth-order valence-corrected chi connectivity index (χ4v) is 5.80. The number of guanidine groups is 2. The van der Waals surface area contributed by atoms with E-state index in [0.29, 0.717) is 12.0 Å². The SMILES string of the molecule is C[C@H](NC(=O)C(CCCN=C(N)N)NC(=O)[C@H](CCC(N)=O)NC(=O)[C@@H](N)CCCN=C(N)N)C(=O)N[C@@H](CO)C(=O)N[C@@H](C)C(=O)N[C@@H](Cc1c[nH]c2ccccc12)C(=O)O. The number of primary amides is 1. The molecule has 0 bridgehead atoms. The minimum absolute atomic E-state index is 0.0410. The minimum atomic E-state index is -1.62. The number of aliphatic hydroxyl groups excluding tert-OH is 1. The third-order valence-electron chi connectivity index (χ3n) is 9.23. The topological polar surface area (TPSA) is 446 Å². The number of carbonyl (C=O) groups excluding carboxylic acids is 7. The van der Waals surface area contributed by atoms with E-state index in [4.69, 9.17) is 34.4 Å². The highest BCUT2D eigenvalue weighted by Crippen LogP contribution is 2.19. The summed E-state index contributed by atoms with van der Waals surface area (Å²) in [5, 5.41) is 34.9. The summed E-state index contributed by atoms with van der Waals surface area (Å²) >= 11 is 0. The molecule has 0 saturated carbocycles. The number of aliphatic hydroxyl groups is 1. The second-order valence-corrected chi connectivity index (χ2v) is 14.3. The van der Waals surface area contributed by atoms with Gasteiger partial charge in [-0.25, -0.2) is 4.79 Å². The molecule has 0 spiro atoms. The number of hydrogen-bond acceptors (Lipinski definition) is 12. The summed E-state index contributed by atoms with van der Waals surface area (Å²) in [6, 6.07) is -2.34. The van der Waals surface area contributed by atoms with Gasteiger partial charge in [-0.05, 0) is 57.6 Å². The van der Waals surface area contributed by atoms with Crippen molar-refractivity contribution in [3.63, 3.8) is 0 Å². The van der Waals surface area contributed by atoms with Crippen LogP contribution in [0.4, 0.5) is 0 Å². The van der Waals surface area contributed by atoms with Crippen molar-refractivity contribution in [3.05, 3.63) is 36.0 Å². The van der Waals surface area contributed by atoms with Gasteiger partial charge in [0.2, 0.25) is 41.4 Å². The van der Waals surface area contributed by atoms with Gasteiger partial charge in [-0.2, -0.15) is 0 Å². The van der Waals surface area contributed by atoms with Gasteiger partial charge in [0.1, 0.15) is 36.3 Å². The quantitative estimate of drug-likeness (QED) is 0.0226. The van der Waals surface area contributed by atoms with Gasteiger partial charge in [0.15, 0.2) is 11.9 Å². The molecule has 25 heteroatoms. The van der Waals surface area contributed by atoms with Crippen molar-refractivity contribution >= 4 is 70.1 Å². The summed E-state index contributed by atoms with van der Waals surface area (Å²) in [5.74, 6) is -7.83. The lowest BCUT2D eigenvalue weighted by atomic mass is 10.0. The van der Waals surface area contributed by atoms with Crippen LogP contribution < -0.4 is 66.3 Å². The van der Waals surface area contributed by atoms with E-state index < -0.39 is 96.2 Å². The molecule has 1 unspecified atom stereocenters. The van der Waals surface area contributed by atoms with Gasteiger partial charge in [-0.1, -0.05) is 18.2 Å². The molecule has 0 aliphatic carbocycles. The second-order valence-electron chi connectivity index (χ2n) is 14.3. The molecular weight excluding hydrogens is 815 g/mol. The lowest BCUT2D eigenvalue weighted by Crippen LogP contribution is -2.59. The summed E-state index contributed by atoms with van der Waals surface area (Å²) in [6.07, 6.45) is 1.50. The number of carbonyl (C=O) groups is 8. The van der Waals surface area contributed by atoms with Crippen LogP contribution in [0.2, 0.25) is 0 Å². The molecule has 1 aromatic carbocycles. The van der Waals surface area contributed by atoms with Crippen LogP contribution in [0, 0.1) is 0 Å². The summed E-state index contributed by atoms with van der Waals surface area (Å²) in [6.45, 7) is 1.82. The van der Waals surface area contributed by atoms with Gasteiger partial charge < -0.3 is 81.5 Å². The Labute approximate surface area is 356 Å². The monoisotopic (exact) mass is 873 g/mol. The number of aromatic amines is 1. The lowest BCUT2D eigenvalue weighted by molar-refractivity contribution is -0.142. The number of benzene rings is 1. The number of rotatable bonds is 27. The van der Waals surface area contributed by atoms with Crippen LogP contribution in [-0.2, 0) is 44.8 Å². The molecule has 0 aliphatic rings. The van der Waals surface area contributed by atoms with E-state index in [1.165, 1.54) is 13.8 Å². The average molecular weight is 874 g/mol. The number of aliphatic imine (C=N–C) groups is 2. The molecule has 342 valence electrons. The third-order valence-corrected chi connectivity index (χ3v) is 9.23. The molecule has 0 saturated heterocycles. The summed E-state index contributed by atoms with van der Waals surface area (Å²) < 4.78 is 0. The number of fused-ring (bicyclic) bond motifs is 1. The lowest BCUT2D eigenvalue weighted by Gasteiger charge is -2.26. The Morgan fingerprint density at radius 3 is 1.68 bits per heavy atom. The molecule has 25 nitrogen and oxygen atoms in total. The number of H-pyrrole nitrogens is 1. The average Bonchev–Trinajstić information content (AvgIpc) is 3.62. The molecule has 7 atom stereocenters. The van der Waals surface area contributed by atoms with E-state index in [1.807, 2.05) is 6.07 Å². The Kier molecular flexibility index (Phi) is 21.1. The van der Waals surface area contributed by atoms with Crippen LogP contribution in [0.5, 0.6) is 0 Å². The number of aliphatic carboxylic acids is 1. The Bertz CT molecular complexity index is 1950. The number of aromatic nitrogens is 1. The van der Waals surface area contributed by atoms with Gasteiger partial charge in [0.25, 0.3) is 0 Å². The number of carboxylic acid groups (broad SMARTS) is 1. The highest BCUT2D eigenvalue weighted by atomic mass is 16.4. The first-order valence-electron chi connectivity index (χ1n) is 19.6. The molecule has 1 heterocycles. The van der Waals surface area contributed by atoms with E-state index in [0.717, 1.165) is 10.9 Å². The fraction of sp³-hybridized carbons (Fsp3) is 0.514. The standard InChI is InChI=1S/C37H59N15O10/c1-18(29(55)51-26(35(61)62)15-20-16-46-23-9-4-3-7-21(20)23)48-34(60)27(17-53)52-30(56)19(2)47-32(58)24(10-6-14-45-37(42)43)50-33(59)25(11-12-28(39)54)49-31(57)22(38)8-5-13-44-36(40)41/h3-4,7,9,16,18-19,22,24-27,46,53H,5-6,8,10-15,17,38H2,1-2H3,(H2,39,54)(H,47,58)(H,48,60)(H,49,57)(H,50,59)(H,51,55)(H,52,56)(H,61,62)(H4,40,41,44)(H4,42,43,45)/t18-,19-,22-,24?,25-,26-,27-/m0/s1. The molecule has 2 aromatic rings. The molecule has 0 aliphatic heterocycles. The van der Waals surface area contributed by atoms with Gasteiger partial charge >= 0.3 is 5.97 Å². The van der Waals surface area contributed by atoms with Crippen LogP contribution in [-0.4, -0.2) is 136 Å². The number of para-hydroxylation sites is 1. The zero-order valence-corrected chi connectivity index (χ0v) is 34.5. The van der Waals surface area contributed by atoms with E-state index in [-0.39, 0.29) is 63.5 Å². The first-order valence-corrected chi connectivity index (χ1v) is 19.6. The van der Waals surface area contributed by atoms with Gasteiger partial charge in [-0.3, -0.25) is 43.5 Å². The van der Waals surface area contributed by atoms with Crippen LogP contribution in [0.1, 0.15) is 57.9 Å². The largest absolute Gasteiger partial charge is 0.480 e. The van der Waals surface area contributed by atoms with Crippen LogP contribution in [0.3, 0.4) is 0 Å². The highest BCUT2D eigenvalue weighted by molar-refractivity contribution is 5.97. The number of hydrogen-bond donors (Lipinski definition) is 15. The molecular formula is C37H59N15O10. The number of carboxylic acids is 1. The van der Waals surface area contributed by atoms with E-state index in [9.17, 15) is 48.6 Å². The molecule has 0 radical (unpaired) electrons. The van der Waals surface area contributed by atoms with Gasteiger partial charge in [-0.15, -0.1) is 0 Å². The molecule has 1 aromatic heterocycles. The predicted octanol–water partition coefficient (Wildman–Crippen LogP) is -5.56. The fourth-order valence-electron chi connectivity index (χ4n) is 5.80. The maximum atomic E-state index is 13.5. The first kappa shape index (κ1) is 51.1. The Balaban J connectivity index is 2.09. The maximum Gasteiger partial charge on any atom is 0.326 e. The number of amides is 7. The first-order chi connectivity index (χ1) is 29.2. The number of nitrogens with two attached hydrogens (primary N) is 6. The van der Waals surface area contributed by atoms with Gasteiger partial charge in [0, 0.05) is 43.0 Å². The van der Waals surface area contributed by atoms with Crippen molar-refractivity contribution in [2.45, 2.75) is 101 Å². The van der Waals surface area contributed by atoms with Crippen molar-refractivity contribution in [1.29, 1.82) is 0 Å². The van der Waals surface area contributed by atoms with Crippen LogP contribution in [0.25, 0.3) is 10.9 Å². The van der Waals surface area contributed by atoms with Gasteiger partial charge in [0.05, 0.1) is 12.6 Å². The van der Waals surface area contributed by atoms with E-state index >= 15 is 0 Å². The maximum absolute atomic E-state index is 13.5. The summed E-state index contributed by atoms with van der Waals surface area (Å²) in [7, 11) is 0. The van der Waals surface area contributed by atoms with Crippen LogP contribution in [0.15, 0.2) is 40.4 Å². The van der Waals surface area contributed by atoms with Crippen molar-refractivity contribution in [2.24, 2.45) is 44.4 Å². The molecule has 2 rings (SSSR count). The molecule has 7 amide bonds. The third kappa shape index (κ3) is 17.7. The zero-order valence-electron chi connectivity index (χ0n) is 34.5. The highest BCUT2D eigenvalue weighted by Gasteiger charge is 2.32. The predicted molar refractivity (Wildman–Crippen MR) is 226 cm³/mol. The van der Waals surface area contributed by atoms with E-state index in [1.54, 1.807) is 24.4 Å². The number of nitrogens with zero attached hydrogens (tertiary/aromatic N) is 2. The number of nitrogens with one attached hydrogen (secondary N) is 7. The summed E-state index contributed by atoms with van der Waals surface area (Å²) in [4.78, 5) is 113. The Hall–Kier alpha value is -7.02. The Morgan fingerprint density at radius 2 is 1.13 bits per heavy atom. The van der Waals surface area contributed by atoms with Crippen molar-refractivity contribution in [1.82, 2.24) is 36.9 Å². The molecule has 0 fully saturated rings. The smallest absolute Gasteiger partial charge is 0.326 e. The van der Waals surface area contributed by atoms with E-state index in [2.05, 4.69) is 46.9 Å². The molecule has 21 N–H and O–H groups in total. The molecule has 62 heavy (non-hydrogen) atoms. The van der Waals surface area contributed by atoms with Crippen LogP contribution >= 0.6 is 0 Å². The van der Waals surface area contributed by atoms with Crippen molar-refractivity contribution < 1.29 is 48.6 Å². The second kappa shape index (κ2) is 25.6. The normalized spacial score (nSPS) is 14.3. The zero-order chi connectivity index (χ0) is 46.5. The Morgan fingerprint density at radius 1 is 0.645 bits per heavy atom. The minimum Gasteiger partial charge on any atom is -0.480 e. The summed E-state index contributed by atoms with van der Waals surface area (Å²) in [5.41, 5.74) is 34.1. The van der Waals surface area contributed by atoms with Crippen molar-refractivity contribution in [2.75, 3.05) is 19.7 Å².